The highest BCUT2D eigenvalue weighted by Gasteiger charge is 2.23. The molecule has 1 saturated heterocycles. The number of thiophene rings is 1. The van der Waals surface area contributed by atoms with Crippen molar-refractivity contribution in [1.82, 2.24) is 29.5 Å². The fraction of sp³-hybridized carbons (Fsp3) is 0.417. The molecule has 2 unspecified atom stereocenters. The molecule has 2 aliphatic rings. The van der Waals surface area contributed by atoms with Gasteiger partial charge in [0.15, 0.2) is 11.1 Å². The monoisotopic (exact) mass is 493 g/mol. The Bertz CT molecular complexity index is 1550. The smallest absolute Gasteiger partial charge is 0.326 e. The Morgan fingerprint density at radius 1 is 1.26 bits per heavy atom. The summed E-state index contributed by atoms with van der Waals surface area (Å²) >= 11 is 1.73. The molecule has 2 atom stereocenters. The Morgan fingerprint density at radius 2 is 2.06 bits per heavy atom. The minimum atomic E-state index is -0.474. The Hall–Kier alpha value is -3.28. The molecule has 10 nitrogen and oxygen atoms in total. The third-order valence-electron chi connectivity index (χ3n) is 6.17. The van der Waals surface area contributed by atoms with Gasteiger partial charge in [0.25, 0.3) is 0 Å². The van der Waals surface area contributed by atoms with Crippen LogP contribution in [0.1, 0.15) is 37.3 Å². The number of aromatic amines is 2. The number of ether oxygens (including phenoxy) is 1. The van der Waals surface area contributed by atoms with Crippen molar-refractivity contribution in [2.45, 2.75) is 51.5 Å². The molecule has 1 aliphatic heterocycles. The van der Waals surface area contributed by atoms with Crippen LogP contribution in [0, 0.1) is 0 Å². The van der Waals surface area contributed by atoms with Crippen LogP contribution >= 0.6 is 11.3 Å². The lowest BCUT2D eigenvalue weighted by Crippen LogP contribution is -2.44. The minimum absolute atomic E-state index is 0.219. The normalized spacial score (nSPS) is 22.5. The van der Waals surface area contributed by atoms with Crippen molar-refractivity contribution in [1.29, 1.82) is 0 Å². The quantitative estimate of drug-likeness (QED) is 0.386. The molecule has 0 aromatic carbocycles. The van der Waals surface area contributed by atoms with E-state index < -0.39 is 5.69 Å². The third-order valence-corrected chi connectivity index (χ3v) is 7.26. The summed E-state index contributed by atoms with van der Waals surface area (Å²) in [5.41, 5.74) is 2.02. The van der Waals surface area contributed by atoms with Gasteiger partial charge in [0.05, 0.1) is 35.0 Å². The van der Waals surface area contributed by atoms with Crippen LogP contribution in [0.3, 0.4) is 0 Å². The molecule has 1 saturated carbocycles. The second-order valence-electron chi connectivity index (χ2n) is 9.40. The van der Waals surface area contributed by atoms with Crippen molar-refractivity contribution in [3.8, 4) is 16.5 Å². The average Bonchev–Trinajstić information content (AvgIpc) is 3.18. The largest absolute Gasteiger partial charge is 0.493 e. The molecule has 6 rings (SSSR count). The summed E-state index contributed by atoms with van der Waals surface area (Å²) in [6, 6.07) is 6.59. The lowest BCUT2D eigenvalue weighted by atomic mass is 10.2. The molecule has 5 heterocycles. The van der Waals surface area contributed by atoms with E-state index in [1.54, 1.807) is 28.1 Å². The SMILES string of the molecule is CC1CN(Cc2ccc(-c3cc(=NC4CC4)n4ncc(=Cc5[nH]c(=O)[nH]c5O)c4n3)s2)CC(C)O1. The number of nitrogens with zero attached hydrogens (tertiary/aromatic N) is 5. The molecule has 2 fully saturated rings. The average molecular weight is 494 g/mol. The third kappa shape index (κ3) is 4.66. The van der Waals surface area contributed by atoms with Crippen molar-refractivity contribution in [3.05, 3.63) is 56.2 Å². The first kappa shape index (κ1) is 22.2. The highest BCUT2D eigenvalue weighted by atomic mass is 32.1. The summed E-state index contributed by atoms with van der Waals surface area (Å²) in [5, 5.41) is 15.2. The van der Waals surface area contributed by atoms with Gasteiger partial charge in [-0.05, 0) is 44.9 Å². The van der Waals surface area contributed by atoms with E-state index in [2.05, 4.69) is 45.9 Å². The topological polar surface area (TPSA) is 124 Å². The first-order valence-electron chi connectivity index (χ1n) is 11.8. The number of H-pyrrole nitrogens is 2. The molecular formula is C24H27N7O3S. The van der Waals surface area contributed by atoms with Crippen molar-refractivity contribution >= 4 is 23.1 Å². The van der Waals surface area contributed by atoms with Crippen LogP contribution in [0.5, 0.6) is 5.88 Å². The van der Waals surface area contributed by atoms with E-state index in [9.17, 15) is 9.90 Å². The summed E-state index contributed by atoms with van der Waals surface area (Å²) in [7, 11) is 0. The van der Waals surface area contributed by atoms with Gasteiger partial charge < -0.3 is 14.8 Å². The predicted octanol–water partition coefficient (Wildman–Crippen LogP) is 1.40. The number of imidazole rings is 1. The Morgan fingerprint density at radius 3 is 2.77 bits per heavy atom. The van der Waals surface area contributed by atoms with Crippen LogP contribution in [-0.2, 0) is 11.3 Å². The maximum Gasteiger partial charge on any atom is 0.326 e. The second-order valence-corrected chi connectivity index (χ2v) is 10.6. The van der Waals surface area contributed by atoms with Gasteiger partial charge in [-0.2, -0.15) is 9.61 Å². The van der Waals surface area contributed by atoms with Gasteiger partial charge in [-0.1, -0.05) is 0 Å². The fourth-order valence-electron chi connectivity index (χ4n) is 4.56. The molecule has 4 aromatic heterocycles. The molecule has 11 heteroatoms. The molecule has 0 bridgehead atoms. The fourth-order valence-corrected chi connectivity index (χ4v) is 5.57. The van der Waals surface area contributed by atoms with E-state index >= 15 is 0 Å². The van der Waals surface area contributed by atoms with Gasteiger partial charge in [0, 0.05) is 35.8 Å². The Kier molecular flexibility index (Phi) is 5.54. The molecule has 4 aromatic rings. The predicted molar refractivity (Wildman–Crippen MR) is 132 cm³/mol. The minimum Gasteiger partial charge on any atom is -0.493 e. The van der Waals surface area contributed by atoms with Gasteiger partial charge in [-0.25, -0.2) is 9.78 Å². The van der Waals surface area contributed by atoms with Crippen LogP contribution < -0.4 is 16.4 Å². The molecule has 0 radical (unpaired) electrons. The number of aromatic nitrogens is 5. The van der Waals surface area contributed by atoms with E-state index in [0.717, 1.165) is 48.5 Å². The highest BCUT2D eigenvalue weighted by molar-refractivity contribution is 7.15. The first-order valence-corrected chi connectivity index (χ1v) is 12.7. The first-order chi connectivity index (χ1) is 16.9. The van der Waals surface area contributed by atoms with E-state index in [4.69, 9.17) is 14.7 Å². The molecule has 0 spiro atoms. The maximum absolute atomic E-state index is 11.6. The summed E-state index contributed by atoms with van der Waals surface area (Å²) in [6.07, 6.45) is 5.96. The van der Waals surface area contributed by atoms with Crippen molar-refractivity contribution in [3.63, 3.8) is 0 Å². The van der Waals surface area contributed by atoms with Gasteiger partial charge in [0.2, 0.25) is 5.88 Å². The zero-order valence-electron chi connectivity index (χ0n) is 19.6. The zero-order chi connectivity index (χ0) is 24.1. The number of hydrogen-bond acceptors (Lipinski definition) is 8. The molecule has 182 valence electrons. The van der Waals surface area contributed by atoms with Gasteiger partial charge in [-0.3, -0.25) is 14.9 Å². The molecule has 0 amide bonds. The summed E-state index contributed by atoms with van der Waals surface area (Å²) in [5.74, 6) is -0.219. The molecule has 1 aliphatic carbocycles. The maximum atomic E-state index is 11.6. The van der Waals surface area contributed by atoms with Crippen molar-refractivity contribution < 1.29 is 9.84 Å². The standard InChI is InChI=1S/C24H27N7O3S/c1-13-10-30(11-14(2)34-13)12-17-5-6-20(35-17)18-8-21(26-16-3-4-16)31-22(27-18)15(9-25-31)7-19-23(32)29-24(33)28-19/h5-9,13-14,16,32H,3-4,10-12H2,1-2H3,(H2,28,29,33). The number of morpholine rings is 1. The number of aromatic hydroxyl groups is 1. The number of hydrogen-bond donors (Lipinski definition) is 3. The van der Waals surface area contributed by atoms with Crippen LogP contribution in [0.15, 0.2) is 34.2 Å². The summed E-state index contributed by atoms with van der Waals surface area (Å²) in [6.45, 7) is 6.98. The Labute approximate surface area is 204 Å². The zero-order valence-corrected chi connectivity index (χ0v) is 20.4. The van der Waals surface area contributed by atoms with Crippen molar-refractivity contribution in [2.75, 3.05) is 13.1 Å². The van der Waals surface area contributed by atoms with Crippen LogP contribution in [0.4, 0.5) is 0 Å². The molecular weight excluding hydrogens is 466 g/mol. The number of fused-ring (bicyclic) bond motifs is 1. The molecule has 3 N–H and O–H groups in total. The van der Waals surface area contributed by atoms with Crippen LogP contribution in [0.25, 0.3) is 22.3 Å². The Balaban J connectivity index is 1.40. The summed E-state index contributed by atoms with van der Waals surface area (Å²) < 4.78 is 7.59. The number of nitrogens with one attached hydrogen (secondary N) is 2. The van der Waals surface area contributed by atoms with E-state index in [1.807, 2.05) is 6.07 Å². The van der Waals surface area contributed by atoms with Gasteiger partial charge in [0.1, 0.15) is 5.69 Å². The van der Waals surface area contributed by atoms with Crippen LogP contribution in [-0.4, -0.2) is 65.9 Å². The summed E-state index contributed by atoms with van der Waals surface area (Å²) in [4.78, 5) is 31.0. The lowest BCUT2D eigenvalue weighted by Gasteiger charge is -2.34. The molecule has 35 heavy (non-hydrogen) atoms. The lowest BCUT2D eigenvalue weighted by molar-refractivity contribution is -0.0702. The van der Waals surface area contributed by atoms with Crippen molar-refractivity contribution in [2.24, 2.45) is 4.99 Å². The van der Waals surface area contributed by atoms with Gasteiger partial charge >= 0.3 is 5.69 Å². The van der Waals surface area contributed by atoms with E-state index in [-0.39, 0.29) is 23.8 Å². The second kappa shape index (κ2) is 8.74. The van der Waals surface area contributed by atoms with Crippen LogP contribution in [0.2, 0.25) is 0 Å². The highest BCUT2D eigenvalue weighted by Crippen LogP contribution is 2.28. The van der Waals surface area contributed by atoms with E-state index in [1.165, 1.54) is 4.88 Å². The van der Waals surface area contributed by atoms with Gasteiger partial charge in [-0.15, -0.1) is 11.3 Å². The number of rotatable bonds is 5. The van der Waals surface area contributed by atoms with E-state index in [0.29, 0.717) is 16.9 Å².